The van der Waals surface area contributed by atoms with Gasteiger partial charge in [0.2, 0.25) is 5.95 Å². The fourth-order valence-corrected chi connectivity index (χ4v) is 4.16. The highest BCUT2D eigenvalue weighted by molar-refractivity contribution is 5.82. The van der Waals surface area contributed by atoms with Gasteiger partial charge in [0.15, 0.2) is 0 Å². The van der Waals surface area contributed by atoms with Crippen LogP contribution in [-0.4, -0.2) is 55.5 Å². The highest BCUT2D eigenvalue weighted by Crippen LogP contribution is 2.28. The molecule has 0 unspecified atom stereocenters. The lowest BCUT2D eigenvalue weighted by atomic mass is 10.1. The first-order valence-corrected chi connectivity index (χ1v) is 11.1. The number of nitrogens with zero attached hydrogens (tertiary/aromatic N) is 3. The zero-order valence-corrected chi connectivity index (χ0v) is 17.9. The topological polar surface area (TPSA) is 71.5 Å². The minimum atomic E-state index is 0.266. The molecule has 2 fully saturated rings. The quantitative estimate of drug-likeness (QED) is 0.654. The molecule has 0 spiro atoms. The van der Waals surface area contributed by atoms with Crippen LogP contribution in [0.4, 0.5) is 17.3 Å². The van der Waals surface area contributed by atoms with E-state index in [-0.39, 0.29) is 6.10 Å². The Morgan fingerprint density at radius 3 is 2.65 bits per heavy atom. The van der Waals surface area contributed by atoms with E-state index >= 15 is 0 Å². The molecule has 0 atom stereocenters. The van der Waals surface area contributed by atoms with Gasteiger partial charge in [-0.2, -0.15) is 0 Å². The number of ether oxygens (including phenoxy) is 2. The third kappa shape index (κ3) is 4.73. The number of aromatic nitrogens is 2. The third-order valence-electron chi connectivity index (χ3n) is 5.96. The number of anilines is 3. The third-order valence-corrected chi connectivity index (χ3v) is 5.96. The van der Waals surface area contributed by atoms with Crippen molar-refractivity contribution in [1.29, 1.82) is 0 Å². The maximum absolute atomic E-state index is 6.29. The van der Waals surface area contributed by atoms with Crippen molar-refractivity contribution in [2.45, 2.75) is 25.9 Å². The minimum absolute atomic E-state index is 0.266. The van der Waals surface area contributed by atoms with Gasteiger partial charge in [0.05, 0.1) is 18.7 Å². The van der Waals surface area contributed by atoms with Crippen LogP contribution in [0.1, 0.15) is 18.4 Å². The van der Waals surface area contributed by atoms with E-state index in [4.69, 9.17) is 14.5 Å². The van der Waals surface area contributed by atoms with Crippen LogP contribution in [0.25, 0.3) is 10.9 Å². The van der Waals surface area contributed by atoms with E-state index in [1.54, 1.807) is 0 Å². The Kier molecular flexibility index (Phi) is 5.86. The largest absolute Gasteiger partial charge is 0.490 e. The van der Waals surface area contributed by atoms with Crippen LogP contribution in [0, 0.1) is 6.92 Å². The van der Waals surface area contributed by atoms with E-state index in [0.717, 1.165) is 80.1 Å². The first-order valence-electron chi connectivity index (χ1n) is 11.1. The summed E-state index contributed by atoms with van der Waals surface area (Å²) in [6.07, 6.45) is 4.21. The number of fused-ring (bicyclic) bond motifs is 1. The van der Waals surface area contributed by atoms with Crippen LogP contribution in [0.15, 0.2) is 42.6 Å². The molecule has 2 aliphatic rings. The number of hydrogen-bond donors (Lipinski definition) is 2. The number of aryl methyl sites for hydroxylation is 1. The summed E-state index contributed by atoms with van der Waals surface area (Å²) < 4.78 is 11.7. The van der Waals surface area contributed by atoms with Gasteiger partial charge in [-0.1, -0.05) is 0 Å². The molecule has 1 aromatic heterocycles. The summed E-state index contributed by atoms with van der Waals surface area (Å²) in [5.41, 5.74) is 4.18. The molecule has 0 amide bonds. The van der Waals surface area contributed by atoms with E-state index in [1.807, 2.05) is 12.3 Å². The standard InChI is InChI=1S/C24H29N5O2/c1-17-14-18-16-26-24(28-22(18)15-23(17)31-21-6-8-25-9-7-21)27-19-2-4-20(5-3-19)29-10-12-30-13-11-29/h2-5,14-16,21,25H,6-13H2,1H3,(H,26,27,28). The lowest BCUT2D eigenvalue weighted by Gasteiger charge is -2.28. The van der Waals surface area contributed by atoms with Gasteiger partial charge in [-0.15, -0.1) is 0 Å². The van der Waals surface area contributed by atoms with Crippen LogP contribution in [0.2, 0.25) is 0 Å². The van der Waals surface area contributed by atoms with Crippen molar-refractivity contribution in [2.75, 3.05) is 49.6 Å². The summed E-state index contributed by atoms with van der Waals surface area (Å²) in [7, 11) is 0. The molecule has 5 rings (SSSR count). The fourth-order valence-electron chi connectivity index (χ4n) is 4.16. The summed E-state index contributed by atoms with van der Waals surface area (Å²) in [5, 5.41) is 7.72. The highest BCUT2D eigenvalue weighted by Gasteiger charge is 2.16. The predicted molar refractivity (Wildman–Crippen MR) is 124 cm³/mol. The molecule has 0 saturated carbocycles. The zero-order valence-electron chi connectivity index (χ0n) is 17.9. The van der Waals surface area contributed by atoms with Crippen molar-refractivity contribution in [2.24, 2.45) is 0 Å². The summed E-state index contributed by atoms with van der Waals surface area (Å²) in [6.45, 7) is 7.54. The van der Waals surface area contributed by atoms with E-state index in [2.05, 4.69) is 57.8 Å². The second-order valence-electron chi connectivity index (χ2n) is 8.21. The van der Waals surface area contributed by atoms with Crippen molar-refractivity contribution in [3.8, 4) is 5.75 Å². The fraction of sp³-hybridized carbons (Fsp3) is 0.417. The smallest absolute Gasteiger partial charge is 0.227 e. The number of nitrogens with one attached hydrogen (secondary N) is 2. The maximum atomic E-state index is 6.29. The SMILES string of the molecule is Cc1cc2cnc(Nc3ccc(N4CCOCC4)cc3)nc2cc1OC1CCNCC1. The molecule has 7 nitrogen and oxygen atoms in total. The van der Waals surface area contributed by atoms with Crippen molar-refractivity contribution in [1.82, 2.24) is 15.3 Å². The van der Waals surface area contributed by atoms with Gasteiger partial charge in [-0.05, 0) is 68.8 Å². The average molecular weight is 420 g/mol. The normalized spacial score (nSPS) is 17.6. The monoisotopic (exact) mass is 419 g/mol. The first kappa shape index (κ1) is 20.0. The summed E-state index contributed by atoms with van der Waals surface area (Å²) in [6, 6.07) is 12.5. The van der Waals surface area contributed by atoms with Crippen molar-refractivity contribution in [3.05, 3.63) is 48.2 Å². The molecule has 2 saturated heterocycles. The summed E-state index contributed by atoms with van der Waals surface area (Å²) >= 11 is 0. The van der Waals surface area contributed by atoms with Gasteiger partial charge in [0.25, 0.3) is 0 Å². The Morgan fingerprint density at radius 2 is 1.87 bits per heavy atom. The van der Waals surface area contributed by atoms with Crippen LogP contribution in [0.3, 0.4) is 0 Å². The Labute approximate surface area is 182 Å². The van der Waals surface area contributed by atoms with E-state index in [1.165, 1.54) is 5.69 Å². The lowest BCUT2D eigenvalue weighted by Crippen LogP contribution is -2.36. The average Bonchev–Trinajstić information content (AvgIpc) is 2.82. The second kappa shape index (κ2) is 9.08. The Hall–Kier alpha value is -2.90. The molecule has 7 heteroatoms. The van der Waals surface area contributed by atoms with Gasteiger partial charge < -0.3 is 25.0 Å². The zero-order chi connectivity index (χ0) is 21.0. The molecule has 3 aromatic rings. The minimum Gasteiger partial charge on any atom is -0.490 e. The summed E-state index contributed by atoms with van der Waals surface area (Å²) in [4.78, 5) is 11.6. The molecule has 2 aliphatic heterocycles. The number of morpholine rings is 1. The predicted octanol–water partition coefficient (Wildman–Crippen LogP) is 3.65. The summed E-state index contributed by atoms with van der Waals surface area (Å²) in [5.74, 6) is 1.50. The molecule has 0 radical (unpaired) electrons. The van der Waals surface area contributed by atoms with Gasteiger partial charge in [-0.3, -0.25) is 0 Å². The molecule has 2 N–H and O–H groups in total. The van der Waals surface area contributed by atoms with Gasteiger partial charge in [-0.25, -0.2) is 9.97 Å². The Morgan fingerprint density at radius 1 is 1.10 bits per heavy atom. The van der Waals surface area contributed by atoms with Crippen molar-refractivity contribution in [3.63, 3.8) is 0 Å². The molecule has 0 bridgehead atoms. The van der Waals surface area contributed by atoms with Crippen LogP contribution in [0.5, 0.6) is 5.75 Å². The second-order valence-corrected chi connectivity index (χ2v) is 8.21. The van der Waals surface area contributed by atoms with Crippen molar-refractivity contribution >= 4 is 28.2 Å². The first-order chi connectivity index (χ1) is 15.2. The van der Waals surface area contributed by atoms with E-state index < -0.39 is 0 Å². The number of benzene rings is 2. The van der Waals surface area contributed by atoms with Gasteiger partial charge in [0.1, 0.15) is 11.9 Å². The molecular formula is C24H29N5O2. The molecule has 162 valence electrons. The van der Waals surface area contributed by atoms with E-state index in [9.17, 15) is 0 Å². The van der Waals surface area contributed by atoms with Crippen LogP contribution in [-0.2, 0) is 4.74 Å². The number of hydrogen-bond acceptors (Lipinski definition) is 7. The lowest BCUT2D eigenvalue weighted by molar-refractivity contribution is 0.122. The molecule has 31 heavy (non-hydrogen) atoms. The molecule has 2 aromatic carbocycles. The highest BCUT2D eigenvalue weighted by atomic mass is 16.5. The Bertz CT molecular complexity index is 1030. The van der Waals surface area contributed by atoms with Gasteiger partial charge in [0, 0.05) is 42.1 Å². The van der Waals surface area contributed by atoms with E-state index in [0.29, 0.717) is 5.95 Å². The Balaban J connectivity index is 1.32. The van der Waals surface area contributed by atoms with Crippen LogP contribution < -0.4 is 20.3 Å². The number of piperidine rings is 1. The molecule has 3 heterocycles. The van der Waals surface area contributed by atoms with Gasteiger partial charge >= 0.3 is 0 Å². The molecular weight excluding hydrogens is 390 g/mol. The van der Waals surface area contributed by atoms with Crippen molar-refractivity contribution < 1.29 is 9.47 Å². The maximum Gasteiger partial charge on any atom is 0.227 e. The number of rotatable bonds is 5. The molecule has 0 aliphatic carbocycles. The van der Waals surface area contributed by atoms with Crippen LogP contribution >= 0.6 is 0 Å².